The number of halogens is 4. The summed E-state index contributed by atoms with van der Waals surface area (Å²) in [6.45, 7) is 0. The first-order valence-corrected chi connectivity index (χ1v) is 10.4. The number of aromatic nitrogens is 1. The Morgan fingerprint density at radius 1 is 1.09 bits per heavy atom. The molecule has 1 heterocycles. The Morgan fingerprint density at radius 2 is 1.73 bits per heavy atom. The minimum Gasteiger partial charge on any atom is -0.467 e. The van der Waals surface area contributed by atoms with Crippen molar-refractivity contribution in [3.05, 3.63) is 98.4 Å². The van der Waals surface area contributed by atoms with E-state index in [-0.39, 0.29) is 17.7 Å². The molecule has 0 bridgehead atoms. The summed E-state index contributed by atoms with van der Waals surface area (Å²) in [5.74, 6) is -1.43. The first-order valence-electron chi connectivity index (χ1n) is 9.62. The minimum atomic E-state index is -4.53. The first-order chi connectivity index (χ1) is 15.6. The number of ether oxygens (including phenoxy) is 1. The molecule has 0 saturated carbocycles. The van der Waals surface area contributed by atoms with Crippen molar-refractivity contribution in [3.8, 4) is 0 Å². The Hall–Kier alpha value is -3.40. The Kier molecular flexibility index (Phi) is 7.37. The standard InChI is InChI=1S/C23H18BrF3N2O4/c1-33-22(32)19(11-14-5-3-2-4-6-14)29-13-17(24)12-18(21(29)31)28-20(30)15-7-9-16(10-8-15)23(25,26)27/h2-10,12-13,19H,11H2,1H3,(H,28,30). The number of esters is 1. The van der Waals surface area contributed by atoms with Gasteiger partial charge in [-0.05, 0) is 51.8 Å². The maximum atomic E-state index is 13.1. The lowest BCUT2D eigenvalue weighted by atomic mass is 10.1. The number of nitrogens with one attached hydrogen (secondary N) is 1. The van der Waals surface area contributed by atoms with E-state index in [0.717, 1.165) is 34.4 Å². The van der Waals surface area contributed by atoms with Gasteiger partial charge in [-0.2, -0.15) is 13.2 Å². The van der Waals surface area contributed by atoms with E-state index in [0.29, 0.717) is 4.47 Å². The number of nitrogens with zero attached hydrogens (tertiary/aromatic N) is 1. The van der Waals surface area contributed by atoms with Crippen molar-refractivity contribution in [2.45, 2.75) is 18.6 Å². The van der Waals surface area contributed by atoms with E-state index in [9.17, 15) is 27.6 Å². The molecule has 1 N–H and O–H groups in total. The molecular formula is C23H18BrF3N2O4. The third-order valence-electron chi connectivity index (χ3n) is 4.81. The predicted octanol–water partition coefficient (Wildman–Crippen LogP) is 4.84. The molecule has 172 valence electrons. The zero-order valence-corrected chi connectivity index (χ0v) is 18.8. The van der Waals surface area contributed by atoms with Gasteiger partial charge in [0.05, 0.1) is 12.7 Å². The molecule has 10 heteroatoms. The number of hydrogen-bond acceptors (Lipinski definition) is 4. The van der Waals surface area contributed by atoms with E-state index in [2.05, 4.69) is 21.2 Å². The number of alkyl halides is 3. The minimum absolute atomic E-state index is 0.0669. The van der Waals surface area contributed by atoms with Crippen LogP contribution in [0.2, 0.25) is 0 Å². The summed E-state index contributed by atoms with van der Waals surface area (Å²) >= 11 is 3.26. The van der Waals surface area contributed by atoms with Gasteiger partial charge in [-0.3, -0.25) is 14.2 Å². The quantitative estimate of drug-likeness (QED) is 0.470. The number of amides is 1. The lowest BCUT2D eigenvalue weighted by Crippen LogP contribution is -2.34. The van der Waals surface area contributed by atoms with Crippen LogP contribution in [-0.4, -0.2) is 23.6 Å². The van der Waals surface area contributed by atoms with Gasteiger partial charge in [-0.1, -0.05) is 30.3 Å². The highest BCUT2D eigenvalue weighted by Crippen LogP contribution is 2.29. The largest absolute Gasteiger partial charge is 0.467 e. The van der Waals surface area contributed by atoms with Crippen LogP contribution in [0.25, 0.3) is 0 Å². The third kappa shape index (κ3) is 5.89. The van der Waals surface area contributed by atoms with E-state index in [4.69, 9.17) is 4.74 Å². The molecule has 1 amide bonds. The number of carbonyl (C=O) groups is 2. The van der Waals surface area contributed by atoms with Crippen molar-refractivity contribution in [1.29, 1.82) is 0 Å². The van der Waals surface area contributed by atoms with Gasteiger partial charge < -0.3 is 10.1 Å². The van der Waals surface area contributed by atoms with Gasteiger partial charge in [0, 0.05) is 22.7 Å². The number of benzene rings is 2. The summed E-state index contributed by atoms with van der Waals surface area (Å²) in [5.41, 5.74) is -1.01. The van der Waals surface area contributed by atoms with Crippen LogP contribution >= 0.6 is 15.9 Å². The highest BCUT2D eigenvalue weighted by molar-refractivity contribution is 9.10. The predicted molar refractivity (Wildman–Crippen MR) is 119 cm³/mol. The molecule has 2 aromatic carbocycles. The van der Waals surface area contributed by atoms with Crippen molar-refractivity contribution in [2.75, 3.05) is 12.4 Å². The second-order valence-electron chi connectivity index (χ2n) is 7.04. The van der Waals surface area contributed by atoms with Crippen LogP contribution in [0.15, 0.2) is 76.1 Å². The normalized spacial score (nSPS) is 12.2. The molecule has 1 atom stereocenters. The molecule has 0 aliphatic carbocycles. The number of anilines is 1. The molecule has 0 spiro atoms. The van der Waals surface area contributed by atoms with Crippen LogP contribution in [0, 0.1) is 0 Å². The van der Waals surface area contributed by atoms with E-state index in [1.165, 1.54) is 19.4 Å². The lowest BCUT2D eigenvalue weighted by molar-refractivity contribution is -0.144. The fraction of sp³-hybridized carbons (Fsp3) is 0.174. The summed E-state index contributed by atoms with van der Waals surface area (Å²) in [4.78, 5) is 38.1. The first kappa shape index (κ1) is 24.2. The van der Waals surface area contributed by atoms with Gasteiger partial charge in [0.25, 0.3) is 11.5 Å². The Balaban J connectivity index is 1.93. The molecule has 0 aliphatic heterocycles. The highest BCUT2D eigenvalue weighted by Gasteiger charge is 2.30. The second kappa shape index (κ2) is 10.0. The maximum absolute atomic E-state index is 13.1. The number of hydrogen-bond donors (Lipinski definition) is 1. The molecular weight excluding hydrogens is 505 g/mol. The fourth-order valence-corrected chi connectivity index (χ4v) is 3.61. The zero-order valence-electron chi connectivity index (χ0n) is 17.2. The van der Waals surface area contributed by atoms with Crippen LogP contribution in [-0.2, 0) is 22.1 Å². The van der Waals surface area contributed by atoms with Crippen LogP contribution in [0.3, 0.4) is 0 Å². The Labute approximate surface area is 195 Å². The molecule has 3 rings (SSSR count). The molecule has 0 radical (unpaired) electrons. The summed E-state index contributed by atoms with van der Waals surface area (Å²) < 4.78 is 44.7. The van der Waals surface area contributed by atoms with Crippen molar-refractivity contribution < 1.29 is 27.5 Å². The van der Waals surface area contributed by atoms with Gasteiger partial charge >= 0.3 is 12.1 Å². The topological polar surface area (TPSA) is 77.4 Å². The van der Waals surface area contributed by atoms with Gasteiger partial charge in [0.2, 0.25) is 0 Å². The van der Waals surface area contributed by atoms with Crippen molar-refractivity contribution >= 4 is 33.5 Å². The molecule has 3 aromatic rings. The van der Waals surface area contributed by atoms with Crippen LogP contribution in [0.5, 0.6) is 0 Å². The molecule has 0 saturated heterocycles. The van der Waals surface area contributed by atoms with E-state index in [1.807, 2.05) is 6.07 Å². The maximum Gasteiger partial charge on any atom is 0.416 e. The van der Waals surface area contributed by atoms with Crippen LogP contribution in [0.4, 0.5) is 18.9 Å². The smallest absolute Gasteiger partial charge is 0.416 e. The summed E-state index contributed by atoms with van der Waals surface area (Å²) in [5, 5.41) is 2.41. The number of pyridine rings is 1. The Bertz CT molecular complexity index is 1210. The summed E-state index contributed by atoms with van der Waals surface area (Å²) in [6.07, 6.45) is -2.97. The highest BCUT2D eigenvalue weighted by atomic mass is 79.9. The molecule has 33 heavy (non-hydrogen) atoms. The average Bonchev–Trinajstić information content (AvgIpc) is 2.79. The molecule has 0 fully saturated rings. The number of carbonyl (C=O) groups excluding carboxylic acids is 2. The van der Waals surface area contributed by atoms with Crippen LogP contribution < -0.4 is 10.9 Å². The monoisotopic (exact) mass is 522 g/mol. The molecule has 1 aromatic heterocycles. The summed E-state index contributed by atoms with van der Waals surface area (Å²) in [7, 11) is 1.21. The van der Waals surface area contributed by atoms with Gasteiger partial charge in [-0.25, -0.2) is 4.79 Å². The van der Waals surface area contributed by atoms with E-state index >= 15 is 0 Å². The van der Waals surface area contributed by atoms with Gasteiger partial charge in [0.15, 0.2) is 0 Å². The molecule has 1 unspecified atom stereocenters. The molecule has 0 aliphatic rings. The average molecular weight is 523 g/mol. The second-order valence-corrected chi connectivity index (χ2v) is 7.96. The molecule has 6 nitrogen and oxygen atoms in total. The van der Waals surface area contributed by atoms with Gasteiger partial charge in [0.1, 0.15) is 11.7 Å². The lowest BCUT2D eigenvalue weighted by Gasteiger charge is -2.19. The summed E-state index contributed by atoms with van der Waals surface area (Å²) in [6, 6.07) is 12.9. The third-order valence-corrected chi connectivity index (χ3v) is 5.25. The van der Waals surface area contributed by atoms with Crippen molar-refractivity contribution in [1.82, 2.24) is 4.57 Å². The number of methoxy groups -OCH3 is 1. The van der Waals surface area contributed by atoms with E-state index < -0.39 is 35.2 Å². The van der Waals surface area contributed by atoms with Crippen LogP contribution in [0.1, 0.15) is 27.5 Å². The Morgan fingerprint density at radius 3 is 2.30 bits per heavy atom. The van der Waals surface area contributed by atoms with Crippen molar-refractivity contribution in [3.63, 3.8) is 0 Å². The van der Waals surface area contributed by atoms with E-state index in [1.54, 1.807) is 24.3 Å². The van der Waals surface area contributed by atoms with Gasteiger partial charge in [-0.15, -0.1) is 0 Å². The fourth-order valence-electron chi connectivity index (χ4n) is 3.16. The SMILES string of the molecule is COC(=O)C(Cc1ccccc1)n1cc(Br)cc(NC(=O)c2ccc(C(F)(F)F)cc2)c1=O. The number of rotatable bonds is 6. The zero-order chi connectivity index (χ0) is 24.2. The van der Waals surface area contributed by atoms with Crippen molar-refractivity contribution in [2.24, 2.45) is 0 Å².